The smallest absolute Gasteiger partial charge is 0.339 e. The molecule has 33 heavy (non-hydrogen) atoms. The Balaban J connectivity index is 1.99. The minimum absolute atomic E-state index is 0.417. The molecule has 1 aromatic carbocycles. The summed E-state index contributed by atoms with van der Waals surface area (Å²) in [5.41, 5.74) is 2.07. The average molecular weight is 464 g/mol. The topological polar surface area (TPSA) is 124 Å². The highest BCUT2D eigenvalue weighted by Crippen LogP contribution is 2.37. The van der Waals surface area contributed by atoms with Gasteiger partial charge in [0.1, 0.15) is 0 Å². The van der Waals surface area contributed by atoms with Gasteiger partial charge >= 0.3 is 23.9 Å². The van der Waals surface area contributed by atoms with Gasteiger partial charge in [-0.1, -0.05) is 24.3 Å². The Bertz CT molecular complexity index is 897. The first-order valence-corrected chi connectivity index (χ1v) is 10.7. The van der Waals surface area contributed by atoms with Crippen LogP contribution >= 0.6 is 0 Å². The van der Waals surface area contributed by atoms with Crippen molar-refractivity contribution in [2.45, 2.75) is 76.8 Å². The van der Waals surface area contributed by atoms with Crippen molar-refractivity contribution in [3.05, 3.63) is 35.4 Å². The summed E-state index contributed by atoms with van der Waals surface area (Å²) >= 11 is 0. The van der Waals surface area contributed by atoms with Crippen molar-refractivity contribution in [2.75, 3.05) is 7.11 Å². The molecule has 1 aliphatic carbocycles. The number of carbonyl (C=O) groups is 4. The molecule has 1 aliphatic heterocycles. The zero-order valence-corrected chi connectivity index (χ0v) is 19.0. The minimum Gasteiger partial charge on any atom is -0.467 e. The van der Waals surface area contributed by atoms with Crippen LogP contribution in [-0.2, 0) is 54.0 Å². The number of rotatable bonds is 6. The van der Waals surface area contributed by atoms with Crippen LogP contribution in [0.15, 0.2) is 24.3 Å². The largest absolute Gasteiger partial charge is 0.467 e. The first kappa shape index (κ1) is 24.7. The third kappa shape index (κ3) is 5.88. The summed E-state index contributed by atoms with van der Waals surface area (Å²) in [5.74, 6) is -3.05. The van der Waals surface area contributed by atoms with Gasteiger partial charge in [0.15, 0.2) is 24.4 Å². The van der Waals surface area contributed by atoms with Crippen LogP contribution in [0.5, 0.6) is 0 Å². The summed E-state index contributed by atoms with van der Waals surface area (Å²) in [6.07, 6.45) is -4.85. The summed E-state index contributed by atoms with van der Waals surface area (Å²) in [7, 11) is 1.14. The summed E-state index contributed by atoms with van der Waals surface area (Å²) in [4.78, 5) is 48.1. The predicted octanol–water partition coefficient (Wildman–Crippen LogP) is 1.77. The number of hydrogen-bond donors (Lipinski definition) is 0. The molecule has 0 saturated carbocycles. The number of aryl methyl sites for hydroxylation is 1. The zero-order valence-electron chi connectivity index (χ0n) is 19.0. The minimum atomic E-state index is -1.47. The van der Waals surface area contributed by atoms with Crippen LogP contribution in [0.1, 0.15) is 50.8 Å². The van der Waals surface area contributed by atoms with Gasteiger partial charge in [-0.05, 0) is 30.4 Å². The fourth-order valence-electron chi connectivity index (χ4n) is 4.20. The van der Waals surface area contributed by atoms with Gasteiger partial charge in [0.25, 0.3) is 0 Å². The first-order chi connectivity index (χ1) is 15.7. The highest BCUT2D eigenvalue weighted by atomic mass is 16.7. The lowest BCUT2D eigenvalue weighted by atomic mass is 9.89. The number of hydrogen-bond acceptors (Lipinski definition) is 10. The molecule has 180 valence electrons. The third-order valence-corrected chi connectivity index (χ3v) is 5.45. The van der Waals surface area contributed by atoms with Crippen LogP contribution in [0.4, 0.5) is 0 Å². The number of esters is 4. The Hall–Kier alpha value is -2.98. The Morgan fingerprint density at radius 1 is 0.879 bits per heavy atom. The van der Waals surface area contributed by atoms with Crippen LogP contribution in [0.25, 0.3) is 0 Å². The summed E-state index contributed by atoms with van der Waals surface area (Å²) in [5, 5.41) is 0. The number of benzene rings is 1. The van der Waals surface area contributed by atoms with Crippen molar-refractivity contribution in [1.82, 2.24) is 0 Å². The van der Waals surface area contributed by atoms with Gasteiger partial charge in [-0.3, -0.25) is 14.4 Å². The summed E-state index contributed by atoms with van der Waals surface area (Å²) < 4.78 is 32.9. The fraction of sp³-hybridized carbons (Fsp3) is 0.565. The van der Waals surface area contributed by atoms with Crippen LogP contribution in [-0.4, -0.2) is 61.7 Å². The van der Waals surface area contributed by atoms with E-state index in [0.29, 0.717) is 6.42 Å². The standard InChI is InChI=1S/C23H28O10/c1-12(24)29-18-19(30-13(2)25)21(31-14(3)26)23(33-20(18)22(27)28-4)32-17-11-7-9-15-8-5-6-10-16(15)17/h5-6,8,10,17-21,23H,7,9,11H2,1-4H3. The summed E-state index contributed by atoms with van der Waals surface area (Å²) in [6.45, 7) is 3.44. The van der Waals surface area contributed by atoms with Crippen molar-refractivity contribution in [1.29, 1.82) is 0 Å². The molecule has 10 heteroatoms. The molecule has 1 fully saturated rings. The van der Waals surface area contributed by atoms with Crippen molar-refractivity contribution in [3.63, 3.8) is 0 Å². The van der Waals surface area contributed by atoms with E-state index in [1.807, 2.05) is 24.3 Å². The normalized spacial score (nSPS) is 28.7. The Morgan fingerprint density at radius 2 is 1.48 bits per heavy atom. The Kier molecular flexibility index (Phi) is 8.04. The van der Waals surface area contributed by atoms with Crippen LogP contribution < -0.4 is 0 Å². The van der Waals surface area contributed by atoms with E-state index in [-0.39, 0.29) is 0 Å². The molecule has 6 atom stereocenters. The second-order valence-electron chi connectivity index (χ2n) is 7.89. The maximum atomic E-state index is 12.5. The van der Waals surface area contributed by atoms with E-state index >= 15 is 0 Å². The number of methoxy groups -OCH3 is 1. The van der Waals surface area contributed by atoms with Gasteiger partial charge < -0.3 is 28.4 Å². The average Bonchev–Trinajstić information content (AvgIpc) is 2.76. The Morgan fingerprint density at radius 3 is 2.12 bits per heavy atom. The molecule has 2 aliphatic rings. The van der Waals surface area contributed by atoms with Crippen LogP contribution in [0.3, 0.4) is 0 Å². The van der Waals surface area contributed by atoms with E-state index in [2.05, 4.69) is 0 Å². The van der Waals surface area contributed by atoms with E-state index < -0.39 is 60.7 Å². The van der Waals surface area contributed by atoms with Gasteiger partial charge in [0.05, 0.1) is 13.2 Å². The van der Waals surface area contributed by atoms with E-state index in [9.17, 15) is 19.2 Å². The molecule has 1 saturated heterocycles. The third-order valence-electron chi connectivity index (χ3n) is 5.45. The van der Waals surface area contributed by atoms with E-state index in [4.69, 9.17) is 28.4 Å². The molecule has 1 heterocycles. The molecule has 1 aromatic rings. The van der Waals surface area contributed by atoms with Crippen molar-refractivity contribution in [3.8, 4) is 0 Å². The maximum Gasteiger partial charge on any atom is 0.339 e. The van der Waals surface area contributed by atoms with Crippen molar-refractivity contribution < 1.29 is 47.6 Å². The molecule has 0 radical (unpaired) electrons. The highest BCUT2D eigenvalue weighted by Gasteiger charge is 2.55. The summed E-state index contributed by atoms with van der Waals surface area (Å²) in [6, 6.07) is 7.77. The quantitative estimate of drug-likeness (QED) is 0.454. The van der Waals surface area contributed by atoms with Crippen LogP contribution in [0, 0.1) is 0 Å². The highest BCUT2D eigenvalue weighted by molar-refractivity contribution is 5.77. The maximum absolute atomic E-state index is 12.5. The van der Waals surface area contributed by atoms with Gasteiger partial charge in [-0.2, -0.15) is 0 Å². The molecule has 0 amide bonds. The van der Waals surface area contributed by atoms with Gasteiger partial charge in [-0.25, -0.2) is 4.79 Å². The van der Waals surface area contributed by atoms with E-state index in [1.165, 1.54) is 6.92 Å². The van der Waals surface area contributed by atoms with Crippen LogP contribution in [0.2, 0.25) is 0 Å². The lowest BCUT2D eigenvalue weighted by molar-refractivity contribution is -0.312. The molecule has 10 nitrogen and oxygen atoms in total. The lowest BCUT2D eigenvalue weighted by Gasteiger charge is -2.44. The zero-order chi connectivity index (χ0) is 24.1. The number of fused-ring (bicyclic) bond motifs is 1. The molecular weight excluding hydrogens is 436 g/mol. The van der Waals surface area contributed by atoms with E-state index in [1.54, 1.807) is 0 Å². The molecular formula is C23H28O10. The SMILES string of the molecule is COC(=O)C1OC(OC2CCCc3ccccc32)C(OC(C)=O)C(OC(C)=O)C1OC(C)=O. The molecule has 0 spiro atoms. The van der Waals surface area contributed by atoms with E-state index in [0.717, 1.165) is 44.9 Å². The molecule has 0 bridgehead atoms. The number of ether oxygens (including phenoxy) is 6. The predicted molar refractivity (Wildman–Crippen MR) is 111 cm³/mol. The molecule has 6 unspecified atom stereocenters. The second kappa shape index (κ2) is 10.8. The monoisotopic (exact) mass is 464 g/mol. The molecule has 3 rings (SSSR count). The second-order valence-corrected chi connectivity index (χ2v) is 7.89. The molecule has 0 aromatic heterocycles. The van der Waals surface area contributed by atoms with Gasteiger partial charge in [-0.15, -0.1) is 0 Å². The lowest BCUT2D eigenvalue weighted by Crippen LogP contribution is -2.64. The number of carbonyl (C=O) groups excluding carboxylic acids is 4. The van der Waals surface area contributed by atoms with Crippen molar-refractivity contribution in [2.24, 2.45) is 0 Å². The molecule has 0 N–H and O–H groups in total. The van der Waals surface area contributed by atoms with Gasteiger partial charge in [0.2, 0.25) is 6.29 Å². The van der Waals surface area contributed by atoms with Gasteiger partial charge in [0, 0.05) is 20.8 Å². The van der Waals surface area contributed by atoms with Crippen molar-refractivity contribution >= 4 is 23.9 Å². The fourth-order valence-corrected chi connectivity index (χ4v) is 4.20. The first-order valence-electron chi connectivity index (χ1n) is 10.7. The Labute approximate surface area is 191 Å².